The van der Waals surface area contributed by atoms with E-state index < -0.39 is 0 Å². The highest BCUT2D eigenvalue weighted by Gasteiger charge is 2.21. The third-order valence-corrected chi connectivity index (χ3v) is 4.79. The van der Waals surface area contributed by atoms with E-state index in [4.69, 9.17) is 14.2 Å². The van der Waals surface area contributed by atoms with Gasteiger partial charge in [-0.1, -0.05) is 42.0 Å². The summed E-state index contributed by atoms with van der Waals surface area (Å²) >= 11 is 0. The highest BCUT2D eigenvalue weighted by atomic mass is 16.5. The minimum Gasteiger partial charge on any atom is -0.497 e. The topological polar surface area (TPSA) is 44.8 Å². The normalized spacial score (nSPS) is 14.4. The van der Waals surface area contributed by atoms with Gasteiger partial charge in [-0.2, -0.15) is 0 Å². The van der Waals surface area contributed by atoms with Crippen LogP contribution in [0.5, 0.6) is 11.5 Å². The molecular weight excluding hydrogens is 376 g/mol. The maximum absolute atomic E-state index is 12.2. The van der Waals surface area contributed by atoms with E-state index in [1.807, 2.05) is 66.7 Å². The van der Waals surface area contributed by atoms with Gasteiger partial charge in [-0.3, -0.25) is 0 Å². The summed E-state index contributed by atoms with van der Waals surface area (Å²) < 4.78 is 16.4. The molecule has 30 heavy (non-hydrogen) atoms. The Morgan fingerprint density at radius 1 is 0.933 bits per heavy atom. The first kappa shape index (κ1) is 19.5. The molecule has 0 aliphatic carbocycles. The molecule has 3 aromatic rings. The van der Waals surface area contributed by atoms with Crippen LogP contribution < -0.4 is 9.47 Å². The lowest BCUT2D eigenvalue weighted by atomic mass is 10.1. The second kappa shape index (κ2) is 8.70. The number of rotatable bonds is 6. The van der Waals surface area contributed by atoms with Crippen molar-refractivity contribution in [3.05, 3.63) is 107 Å². The first-order valence-electron chi connectivity index (χ1n) is 9.69. The van der Waals surface area contributed by atoms with E-state index in [0.717, 1.165) is 28.2 Å². The van der Waals surface area contributed by atoms with Crippen molar-refractivity contribution in [1.29, 1.82) is 0 Å². The van der Waals surface area contributed by atoms with Crippen LogP contribution in [0.15, 0.2) is 84.4 Å². The first-order valence-corrected chi connectivity index (χ1v) is 9.69. The Kier molecular flexibility index (Phi) is 5.66. The van der Waals surface area contributed by atoms with Gasteiger partial charge in [-0.05, 0) is 66.6 Å². The van der Waals surface area contributed by atoms with Gasteiger partial charge >= 0.3 is 5.97 Å². The predicted octanol–water partition coefficient (Wildman–Crippen LogP) is 5.56. The zero-order valence-corrected chi connectivity index (χ0v) is 16.9. The van der Waals surface area contributed by atoms with Gasteiger partial charge in [-0.15, -0.1) is 0 Å². The molecule has 0 bridgehead atoms. The van der Waals surface area contributed by atoms with Crippen molar-refractivity contribution in [2.75, 3.05) is 7.11 Å². The standard InChI is InChI=1S/C26H22O4/c1-18-4-3-5-20(14-18)17-29-24-10-6-19(7-11-24)15-22-16-25(30-26(22)27)21-8-12-23(28-2)13-9-21/h3-16H,17H2,1-2H3/b22-15+. The second-order valence-corrected chi connectivity index (χ2v) is 7.07. The minimum atomic E-state index is -0.361. The van der Waals surface area contributed by atoms with Crippen LogP contribution in [0.25, 0.3) is 11.8 Å². The van der Waals surface area contributed by atoms with Crippen molar-refractivity contribution in [3.63, 3.8) is 0 Å². The molecule has 4 rings (SSSR count). The Morgan fingerprint density at radius 3 is 2.37 bits per heavy atom. The van der Waals surface area contributed by atoms with Gasteiger partial charge in [0.25, 0.3) is 0 Å². The molecule has 0 fully saturated rings. The van der Waals surface area contributed by atoms with Crippen LogP contribution in [0.3, 0.4) is 0 Å². The maximum Gasteiger partial charge on any atom is 0.343 e. The van der Waals surface area contributed by atoms with Gasteiger partial charge in [0.05, 0.1) is 12.7 Å². The lowest BCUT2D eigenvalue weighted by Gasteiger charge is -2.07. The van der Waals surface area contributed by atoms with E-state index in [-0.39, 0.29) is 5.97 Å². The summed E-state index contributed by atoms with van der Waals surface area (Å²) in [4.78, 5) is 12.2. The zero-order valence-electron chi connectivity index (χ0n) is 16.9. The number of aryl methyl sites for hydroxylation is 1. The summed E-state index contributed by atoms with van der Waals surface area (Å²) in [5.41, 5.74) is 4.58. The molecule has 0 spiro atoms. The average molecular weight is 398 g/mol. The van der Waals surface area contributed by atoms with Gasteiger partial charge in [0.15, 0.2) is 0 Å². The number of ether oxygens (including phenoxy) is 3. The average Bonchev–Trinajstić information content (AvgIpc) is 3.13. The summed E-state index contributed by atoms with van der Waals surface area (Å²) in [6.45, 7) is 2.58. The van der Waals surface area contributed by atoms with Gasteiger partial charge < -0.3 is 14.2 Å². The molecule has 0 unspecified atom stereocenters. The zero-order chi connectivity index (χ0) is 20.9. The number of hydrogen-bond acceptors (Lipinski definition) is 4. The number of benzene rings is 3. The lowest BCUT2D eigenvalue weighted by molar-refractivity contribution is -0.130. The Bertz CT molecular complexity index is 1110. The van der Waals surface area contributed by atoms with Crippen LogP contribution in [0.1, 0.15) is 22.3 Å². The molecule has 0 N–H and O–H groups in total. The van der Waals surface area contributed by atoms with E-state index in [0.29, 0.717) is 17.9 Å². The summed E-state index contributed by atoms with van der Waals surface area (Å²) in [6, 6.07) is 23.3. The number of hydrogen-bond donors (Lipinski definition) is 0. The Balaban J connectivity index is 1.44. The van der Waals surface area contributed by atoms with Gasteiger partial charge in [0.2, 0.25) is 0 Å². The second-order valence-electron chi connectivity index (χ2n) is 7.07. The summed E-state index contributed by atoms with van der Waals surface area (Å²) in [7, 11) is 1.61. The molecule has 150 valence electrons. The third-order valence-electron chi connectivity index (χ3n) is 4.79. The monoisotopic (exact) mass is 398 g/mol. The van der Waals surface area contributed by atoms with E-state index >= 15 is 0 Å². The van der Waals surface area contributed by atoms with E-state index in [1.54, 1.807) is 13.2 Å². The van der Waals surface area contributed by atoms with Crippen molar-refractivity contribution < 1.29 is 19.0 Å². The Labute approximate surface area is 176 Å². The van der Waals surface area contributed by atoms with Crippen LogP contribution >= 0.6 is 0 Å². The molecule has 4 heteroatoms. The molecule has 3 aromatic carbocycles. The molecule has 1 aliphatic heterocycles. The number of carbonyl (C=O) groups excluding carboxylic acids is 1. The van der Waals surface area contributed by atoms with Crippen molar-refractivity contribution in [1.82, 2.24) is 0 Å². The fourth-order valence-corrected chi connectivity index (χ4v) is 3.19. The molecular formula is C26H22O4. The lowest BCUT2D eigenvalue weighted by Crippen LogP contribution is -1.97. The third kappa shape index (κ3) is 4.61. The summed E-state index contributed by atoms with van der Waals surface area (Å²) in [5, 5.41) is 0. The summed E-state index contributed by atoms with van der Waals surface area (Å²) in [6.07, 6.45) is 3.56. The maximum atomic E-state index is 12.2. The molecule has 1 aliphatic rings. The number of carbonyl (C=O) groups is 1. The Hall–Kier alpha value is -3.79. The van der Waals surface area contributed by atoms with Crippen LogP contribution in [-0.2, 0) is 16.1 Å². The van der Waals surface area contributed by atoms with E-state index in [1.165, 1.54) is 5.56 Å². The first-order chi connectivity index (χ1) is 14.6. The van der Waals surface area contributed by atoms with Gasteiger partial charge in [0.1, 0.15) is 23.9 Å². The van der Waals surface area contributed by atoms with Gasteiger partial charge in [0, 0.05) is 5.56 Å². The molecule has 0 aromatic heterocycles. The summed E-state index contributed by atoms with van der Waals surface area (Å²) in [5.74, 6) is 1.71. The van der Waals surface area contributed by atoms with Crippen LogP contribution in [0.2, 0.25) is 0 Å². The van der Waals surface area contributed by atoms with Crippen molar-refractivity contribution in [2.45, 2.75) is 13.5 Å². The molecule has 4 nitrogen and oxygen atoms in total. The molecule has 0 saturated carbocycles. The number of cyclic esters (lactones) is 1. The van der Waals surface area contributed by atoms with E-state index in [2.05, 4.69) is 19.1 Å². The highest BCUT2D eigenvalue weighted by molar-refractivity contribution is 6.05. The molecule has 1 heterocycles. The fraction of sp³-hybridized carbons (Fsp3) is 0.115. The highest BCUT2D eigenvalue weighted by Crippen LogP contribution is 2.29. The van der Waals surface area contributed by atoms with Crippen molar-refractivity contribution in [3.8, 4) is 11.5 Å². The predicted molar refractivity (Wildman–Crippen MR) is 117 cm³/mol. The number of esters is 1. The fourth-order valence-electron chi connectivity index (χ4n) is 3.19. The van der Waals surface area contributed by atoms with Crippen LogP contribution in [-0.4, -0.2) is 13.1 Å². The van der Waals surface area contributed by atoms with E-state index in [9.17, 15) is 4.79 Å². The van der Waals surface area contributed by atoms with Crippen LogP contribution in [0, 0.1) is 6.92 Å². The molecule has 0 amide bonds. The molecule has 0 saturated heterocycles. The smallest absolute Gasteiger partial charge is 0.343 e. The number of methoxy groups -OCH3 is 1. The SMILES string of the molecule is COc1ccc(C2=C/C(=C\c3ccc(OCc4cccc(C)c4)cc3)C(=O)O2)cc1. The molecule has 0 atom stereocenters. The molecule has 0 radical (unpaired) electrons. The van der Waals surface area contributed by atoms with Crippen molar-refractivity contribution >= 4 is 17.8 Å². The van der Waals surface area contributed by atoms with Crippen LogP contribution in [0.4, 0.5) is 0 Å². The van der Waals surface area contributed by atoms with Gasteiger partial charge in [-0.25, -0.2) is 4.79 Å². The quantitative estimate of drug-likeness (QED) is 0.403. The van der Waals surface area contributed by atoms with Crippen molar-refractivity contribution in [2.24, 2.45) is 0 Å². The Morgan fingerprint density at radius 2 is 1.67 bits per heavy atom. The largest absolute Gasteiger partial charge is 0.497 e. The minimum absolute atomic E-state index is 0.361.